The van der Waals surface area contributed by atoms with Crippen LogP contribution in [-0.4, -0.2) is 73.2 Å². The highest BCUT2D eigenvalue weighted by Gasteiger charge is 2.26. The van der Waals surface area contributed by atoms with Crippen molar-refractivity contribution in [2.75, 3.05) is 57.4 Å². The van der Waals surface area contributed by atoms with E-state index in [-0.39, 0.29) is 5.91 Å². The van der Waals surface area contributed by atoms with Crippen LogP contribution in [0.5, 0.6) is 0 Å². The summed E-state index contributed by atoms with van der Waals surface area (Å²) in [6.45, 7) is 16.2. The molecule has 0 atom stereocenters. The predicted octanol–water partition coefficient (Wildman–Crippen LogP) is 4.12. The van der Waals surface area contributed by atoms with Gasteiger partial charge in [-0.3, -0.25) is 9.69 Å². The SMILES string of the molecule is CCN(CC)CCNC(=O)c1c(C)[nH]c(/C=C2\CN(CN3CCCC3)c3ccccc32)c1C. The van der Waals surface area contributed by atoms with Crippen LogP contribution in [0.15, 0.2) is 24.3 Å². The van der Waals surface area contributed by atoms with Crippen molar-refractivity contribution in [3.63, 3.8) is 0 Å². The van der Waals surface area contributed by atoms with Crippen LogP contribution in [0, 0.1) is 13.8 Å². The molecule has 0 saturated carbocycles. The number of carbonyl (C=O) groups is 1. The summed E-state index contributed by atoms with van der Waals surface area (Å²) in [5, 5.41) is 3.11. The van der Waals surface area contributed by atoms with E-state index in [1.165, 1.54) is 42.8 Å². The third kappa shape index (κ3) is 5.17. The van der Waals surface area contributed by atoms with Crippen molar-refractivity contribution in [3.8, 4) is 0 Å². The van der Waals surface area contributed by atoms with Crippen molar-refractivity contribution in [2.45, 2.75) is 40.5 Å². The number of H-pyrrole nitrogens is 1. The van der Waals surface area contributed by atoms with Crippen molar-refractivity contribution in [3.05, 3.63) is 52.3 Å². The van der Waals surface area contributed by atoms with Crippen LogP contribution in [0.25, 0.3) is 11.6 Å². The van der Waals surface area contributed by atoms with Gasteiger partial charge in [-0.15, -0.1) is 0 Å². The molecule has 6 nitrogen and oxygen atoms in total. The van der Waals surface area contributed by atoms with E-state index in [1.807, 2.05) is 6.92 Å². The molecule has 1 aromatic carbocycles. The number of rotatable bonds is 9. The third-order valence-electron chi connectivity index (χ3n) is 7.15. The number of nitrogens with zero attached hydrogens (tertiary/aromatic N) is 3. The van der Waals surface area contributed by atoms with Gasteiger partial charge in [0.05, 0.1) is 12.2 Å². The number of hydrogen-bond donors (Lipinski definition) is 2. The lowest BCUT2D eigenvalue weighted by atomic mass is 10.0. The Morgan fingerprint density at radius 3 is 2.61 bits per heavy atom. The molecule has 1 saturated heterocycles. The summed E-state index contributed by atoms with van der Waals surface area (Å²) in [5.74, 6) is 0.0144. The Kier molecular flexibility index (Phi) is 7.56. The fraction of sp³-hybridized carbons (Fsp3) is 0.519. The lowest BCUT2D eigenvalue weighted by molar-refractivity contribution is 0.0948. The van der Waals surface area contributed by atoms with Crippen LogP contribution in [-0.2, 0) is 0 Å². The maximum absolute atomic E-state index is 13.0. The van der Waals surface area contributed by atoms with Crippen molar-refractivity contribution >= 4 is 23.2 Å². The number of amides is 1. The number of likely N-dealkylation sites (tertiary alicyclic amines) is 1. The maximum Gasteiger partial charge on any atom is 0.253 e. The van der Waals surface area contributed by atoms with E-state index in [9.17, 15) is 4.79 Å². The van der Waals surface area contributed by atoms with Crippen molar-refractivity contribution in [1.29, 1.82) is 0 Å². The van der Waals surface area contributed by atoms with Crippen LogP contribution in [0.1, 0.15) is 59.6 Å². The van der Waals surface area contributed by atoms with Crippen LogP contribution < -0.4 is 10.2 Å². The Hall–Kier alpha value is -2.57. The predicted molar refractivity (Wildman–Crippen MR) is 138 cm³/mol. The van der Waals surface area contributed by atoms with Gasteiger partial charge in [-0.1, -0.05) is 32.0 Å². The average Bonchev–Trinajstić information content (AvgIpc) is 3.51. The summed E-state index contributed by atoms with van der Waals surface area (Å²) in [6, 6.07) is 8.70. The molecular formula is C27H39N5O. The van der Waals surface area contributed by atoms with Crippen LogP contribution >= 0.6 is 0 Å². The average molecular weight is 450 g/mol. The van der Waals surface area contributed by atoms with Gasteiger partial charge in [0.1, 0.15) is 0 Å². The summed E-state index contributed by atoms with van der Waals surface area (Å²) in [7, 11) is 0. The monoisotopic (exact) mass is 449 g/mol. The highest BCUT2D eigenvalue weighted by molar-refractivity contribution is 5.99. The number of hydrogen-bond acceptors (Lipinski definition) is 4. The lowest BCUT2D eigenvalue weighted by Crippen LogP contribution is -2.35. The molecule has 1 aromatic heterocycles. The van der Waals surface area contributed by atoms with Crippen LogP contribution in [0.3, 0.4) is 0 Å². The van der Waals surface area contributed by atoms with Gasteiger partial charge >= 0.3 is 0 Å². The molecule has 1 fully saturated rings. The van der Waals surface area contributed by atoms with E-state index in [1.54, 1.807) is 0 Å². The molecule has 0 aliphatic carbocycles. The molecule has 0 bridgehead atoms. The molecule has 2 aliphatic heterocycles. The molecule has 0 unspecified atom stereocenters. The standard InChI is InChI=1S/C27H39N5O/c1-5-30(6-2)16-13-28-27(33)26-20(3)24(29-21(26)4)17-22-18-32(19-31-14-9-10-15-31)25-12-8-7-11-23(22)25/h7-8,11-12,17,29H,5-6,9-10,13-16,18-19H2,1-4H3,(H,28,33)/b22-17+. The van der Waals surface area contributed by atoms with Gasteiger partial charge in [0, 0.05) is 42.3 Å². The van der Waals surface area contributed by atoms with Crippen LogP contribution in [0.4, 0.5) is 5.69 Å². The zero-order chi connectivity index (χ0) is 23.4. The topological polar surface area (TPSA) is 54.6 Å². The van der Waals surface area contributed by atoms with Gasteiger partial charge in [-0.2, -0.15) is 0 Å². The minimum atomic E-state index is 0.0144. The van der Waals surface area contributed by atoms with E-state index >= 15 is 0 Å². The summed E-state index contributed by atoms with van der Waals surface area (Å²) in [5.41, 5.74) is 7.69. The van der Waals surface area contributed by atoms with Gasteiger partial charge in [0.25, 0.3) is 5.91 Å². The number of likely N-dealkylation sites (N-methyl/N-ethyl adjacent to an activating group) is 1. The smallest absolute Gasteiger partial charge is 0.253 e. The minimum absolute atomic E-state index is 0.0144. The van der Waals surface area contributed by atoms with Gasteiger partial charge in [0.15, 0.2) is 0 Å². The van der Waals surface area contributed by atoms with E-state index < -0.39 is 0 Å². The molecule has 4 rings (SSSR count). The molecule has 0 spiro atoms. The number of aryl methyl sites for hydroxylation is 1. The first kappa shape index (κ1) is 23.6. The number of benzene rings is 1. The number of aromatic nitrogens is 1. The van der Waals surface area contributed by atoms with E-state index in [4.69, 9.17) is 0 Å². The molecule has 0 radical (unpaired) electrons. The Morgan fingerprint density at radius 1 is 1.15 bits per heavy atom. The minimum Gasteiger partial charge on any atom is -0.358 e. The zero-order valence-electron chi connectivity index (χ0n) is 20.7. The number of aromatic amines is 1. The number of anilines is 1. The van der Waals surface area contributed by atoms with E-state index in [0.29, 0.717) is 6.54 Å². The van der Waals surface area contributed by atoms with Gasteiger partial charge in [0.2, 0.25) is 0 Å². The van der Waals surface area contributed by atoms with Gasteiger partial charge < -0.3 is 20.1 Å². The third-order valence-corrected chi connectivity index (χ3v) is 7.15. The lowest BCUT2D eigenvalue weighted by Gasteiger charge is -2.25. The number of fused-ring (bicyclic) bond motifs is 1. The molecule has 1 amide bonds. The first-order valence-corrected chi connectivity index (χ1v) is 12.5. The largest absolute Gasteiger partial charge is 0.358 e. The van der Waals surface area contributed by atoms with Crippen molar-refractivity contribution in [1.82, 2.24) is 20.1 Å². The van der Waals surface area contributed by atoms with Gasteiger partial charge in [-0.05, 0) is 76.1 Å². The summed E-state index contributed by atoms with van der Waals surface area (Å²) >= 11 is 0. The Balaban J connectivity index is 1.51. The second-order valence-corrected chi connectivity index (χ2v) is 9.30. The normalized spacial score (nSPS) is 17.4. The quantitative estimate of drug-likeness (QED) is 0.605. The highest BCUT2D eigenvalue weighted by atomic mass is 16.1. The van der Waals surface area contributed by atoms with E-state index in [2.05, 4.69) is 76.1 Å². The fourth-order valence-electron chi connectivity index (χ4n) is 5.20. The van der Waals surface area contributed by atoms with Crippen molar-refractivity contribution < 1.29 is 4.79 Å². The summed E-state index contributed by atoms with van der Waals surface area (Å²) < 4.78 is 0. The first-order chi connectivity index (χ1) is 16.0. The molecule has 3 heterocycles. The van der Waals surface area contributed by atoms with Crippen LogP contribution in [0.2, 0.25) is 0 Å². The summed E-state index contributed by atoms with van der Waals surface area (Å²) in [4.78, 5) is 23.8. The highest BCUT2D eigenvalue weighted by Crippen LogP contribution is 2.37. The first-order valence-electron chi connectivity index (χ1n) is 12.5. The molecule has 2 aliphatic rings. The molecule has 178 valence electrons. The zero-order valence-corrected chi connectivity index (χ0v) is 20.7. The number of para-hydroxylation sites is 1. The molecular weight excluding hydrogens is 410 g/mol. The second-order valence-electron chi connectivity index (χ2n) is 9.30. The molecule has 2 aromatic rings. The van der Waals surface area contributed by atoms with Gasteiger partial charge in [-0.25, -0.2) is 0 Å². The maximum atomic E-state index is 13.0. The van der Waals surface area contributed by atoms with Crippen molar-refractivity contribution in [2.24, 2.45) is 0 Å². The second kappa shape index (κ2) is 10.6. The molecule has 6 heteroatoms. The Labute approximate surface area is 198 Å². The fourth-order valence-corrected chi connectivity index (χ4v) is 5.20. The van der Waals surface area contributed by atoms with E-state index in [0.717, 1.165) is 55.4 Å². The summed E-state index contributed by atoms with van der Waals surface area (Å²) in [6.07, 6.45) is 4.86. The molecule has 2 N–H and O–H groups in total. The Bertz CT molecular complexity index is 998. The Morgan fingerprint density at radius 2 is 1.88 bits per heavy atom. The number of nitrogens with one attached hydrogen (secondary N) is 2. The number of carbonyl (C=O) groups excluding carboxylic acids is 1. The molecule has 33 heavy (non-hydrogen) atoms.